The molecule has 1 aliphatic carbocycles. The van der Waals surface area contributed by atoms with Crippen LogP contribution in [0.25, 0.3) is 17.2 Å². The van der Waals surface area contributed by atoms with Gasteiger partial charge >= 0.3 is 162 Å². The Morgan fingerprint density at radius 2 is 1.85 bits per heavy atom. The molecule has 0 aliphatic heterocycles. The molecule has 26 heavy (non-hydrogen) atoms. The first-order valence-electron chi connectivity index (χ1n) is 8.13. The third-order valence-corrected chi connectivity index (χ3v) is 6.72. The minimum absolute atomic E-state index is 0.0706. The van der Waals surface area contributed by atoms with Crippen LogP contribution in [0.15, 0.2) is 52.9 Å². The molecule has 0 saturated carbocycles. The fourth-order valence-electron chi connectivity index (χ4n) is 3.12. The summed E-state index contributed by atoms with van der Waals surface area (Å²) in [7, 11) is -1.01. The van der Waals surface area contributed by atoms with E-state index in [1.165, 1.54) is 12.1 Å². The Kier molecular flexibility index (Phi) is 5.71. The van der Waals surface area contributed by atoms with E-state index in [-0.39, 0.29) is 25.5 Å². The molecule has 0 bridgehead atoms. The van der Waals surface area contributed by atoms with E-state index in [2.05, 4.69) is 0 Å². The maximum absolute atomic E-state index is 13.8. The van der Waals surface area contributed by atoms with Crippen molar-refractivity contribution < 1.29 is 13.4 Å². The molecule has 0 spiro atoms. The fourth-order valence-corrected chi connectivity index (χ4v) is 4.25. The number of hydrogen-bond donors (Lipinski definition) is 0. The second-order valence-corrected chi connectivity index (χ2v) is 9.32. The van der Waals surface area contributed by atoms with Gasteiger partial charge in [-0.05, 0) is 0 Å². The number of halogens is 1. The summed E-state index contributed by atoms with van der Waals surface area (Å²) in [5, 5.41) is 0. The van der Waals surface area contributed by atoms with Crippen LogP contribution in [-0.2, 0) is 15.6 Å². The first-order valence-corrected chi connectivity index (χ1v) is 12.3. The van der Waals surface area contributed by atoms with Crippen molar-refractivity contribution in [2.24, 2.45) is 0 Å². The summed E-state index contributed by atoms with van der Waals surface area (Å²) >= 11 is -0.0706. The predicted octanol–water partition coefficient (Wildman–Crippen LogP) is 4.56. The monoisotopic (exact) mass is 434 g/mol. The molecule has 0 radical (unpaired) electrons. The number of fused-ring (bicyclic) bond motifs is 1. The number of carbonyl (C=O) groups excluding carboxylic acids is 1. The molecule has 0 fully saturated rings. The molecule has 2 nitrogen and oxygen atoms in total. The van der Waals surface area contributed by atoms with Crippen LogP contribution in [0.1, 0.15) is 30.0 Å². The molecule has 2 aromatic carbocycles. The number of allylic oxidation sites excluding steroid dienone is 3. The number of carbonyl (C=O) groups is 1. The van der Waals surface area contributed by atoms with Crippen LogP contribution in [0, 0.1) is 5.82 Å². The Balaban J connectivity index is 2.08. The van der Waals surface area contributed by atoms with Gasteiger partial charge in [0, 0.05) is 0 Å². The second kappa shape index (κ2) is 7.83. The SMILES string of the molecule is C[Se]C(=O)CC1=C(C)/C(=C/c2ccc(S(C)=O)cc2)c2ccc(F)cc21. The Bertz CT molecular complexity index is 958. The van der Waals surface area contributed by atoms with Crippen LogP contribution in [-0.4, -0.2) is 30.1 Å². The Morgan fingerprint density at radius 1 is 1.15 bits per heavy atom. The number of rotatable bonds is 5. The average Bonchev–Trinajstić information content (AvgIpc) is 2.87. The molecule has 1 aliphatic rings. The topological polar surface area (TPSA) is 34.1 Å². The van der Waals surface area contributed by atoms with E-state index in [1.807, 2.05) is 43.1 Å². The molecule has 0 saturated heterocycles. The molecule has 1 atom stereocenters. The van der Waals surface area contributed by atoms with E-state index >= 15 is 0 Å². The molecule has 1 unspecified atom stereocenters. The first-order chi connectivity index (χ1) is 12.4. The summed E-state index contributed by atoms with van der Waals surface area (Å²) in [5.74, 6) is 1.61. The van der Waals surface area contributed by atoms with Gasteiger partial charge < -0.3 is 0 Å². The summed E-state index contributed by atoms with van der Waals surface area (Å²) in [6, 6.07) is 12.3. The van der Waals surface area contributed by atoms with E-state index in [0.717, 1.165) is 38.3 Å². The van der Waals surface area contributed by atoms with E-state index in [0.29, 0.717) is 6.42 Å². The van der Waals surface area contributed by atoms with Crippen LogP contribution in [0.2, 0.25) is 5.82 Å². The fraction of sp³-hybridized carbons (Fsp3) is 0.190. The van der Waals surface area contributed by atoms with Gasteiger partial charge in [-0.1, -0.05) is 0 Å². The molecule has 0 N–H and O–H groups in total. The molecular formula is C21H19FO2SSe. The minimum atomic E-state index is -1.01. The van der Waals surface area contributed by atoms with Crippen molar-refractivity contribution in [3.63, 3.8) is 0 Å². The zero-order valence-corrected chi connectivity index (χ0v) is 17.4. The Labute approximate surface area is 161 Å². The van der Waals surface area contributed by atoms with E-state index in [9.17, 15) is 13.4 Å². The molecule has 5 heteroatoms. The van der Waals surface area contributed by atoms with Crippen LogP contribution < -0.4 is 0 Å². The van der Waals surface area contributed by atoms with Crippen LogP contribution in [0.3, 0.4) is 0 Å². The van der Waals surface area contributed by atoms with E-state index < -0.39 is 10.8 Å². The van der Waals surface area contributed by atoms with Gasteiger partial charge in [0.15, 0.2) is 0 Å². The molecule has 3 rings (SSSR count). The van der Waals surface area contributed by atoms with Gasteiger partial charge in [0.05, 0.1) is 0 Å². The van der Waals surface area contributed by atoms with Gasteiger partial charge in [-0.25, -0.2) is 0 Å². The number of benzene rings is 2. The van der Waals surface area contributed by atoms with Crippen molar-refractivity contribution >= 4 is 47.7 Å². The predicted molar refractivity (Wildman–Crippen MR) is 107 cm³/mol. The van der Waals surface area contributed by atoms with Crippen molar-refractivity contribution in [2.75, 3.05) is 6.26 Å². The summed E-state index contributed by atoms with van der Waals surface area (Å²) < 4.78 is 25.6. The average molecular weight is 433 g/mol. The normalized spacial score (nSPS) is 16.1. The quantitative estimate of drug-likeness (QED) is 0.648. The zero-order chi connectivity index (χ0) is 18.8. The van der Waals surface area contributed by atoms with Crippen LogP contribution in [0.5, 0.6) is 0 Å². The number of hydrogen-bond acceptors (Lipinski definition) is 2. The van der Waals surface area contributed by atoms with Crippen LogP contribution >= 0.6 is 0 Å². The third kappa shape index (κ3) is 3.80. The summed E-state index contributed by atoms with van der Waals surface area (Å²) in [6.07, 6.45) is 4.05. The van der Waals surface area contributed by atoms with Gasteiger partial charge in [0.1, 0.15) is 0 Å². The van der Waals surface area contributed by atoms with Crippen molar-refractivity contribution in [3.8, 4) is 0 Å². The van der Waals surface area contributed by atoms with Gasteiger partial charge in [-0.2, -0.15) is 0 Å². The summed E-state index contributed by atoms with van der Waals surface area (Å²) in [4.78, 5) is 12.8. The summed E-state index contributed by atoms with van der Waals surface area (Å²) in [6.45, 7) is 1.99. The maximum atomic E-state index is 13.8. The van der Waals surface area contributed by atoms with E-state index in [1.54, 1.807) is 12.3 Å². The molecular weight excluding hydrogens is 414 g/mol. The summed E-state index contributed by atoms with van der Waals surface area (Å²) in [5.41, 5.74) is 5.71. The van der Waals surface area contributed by atoms with Gasteiger partial charge in [0.2, 0.25) is 0 Å². The van der Waals surface area contributed by atoms with Gasteiger partial charge in [0.25, 0.3) is 0 Å². The van der Waals surface area contributed by atoms with Crippen molar-refractivity contribution in [1.82, 2.24) is 0 Å². The molecule has 2 aromatic rings. The second-order valence-electron chi connectivity index (χ2n) is 6.13. The van der Waals surface area contributed by atoms with Crippen molar-refractivity contribution in [3.05, 3.63) is 70.5 Å². The third-order valence-electron chi connectivity index (χ3n) is 4.53. The molecule has 134 valence electrons. The Morgan fingerprint density at radius 3 is 2.46 bits per heavy atom. The van der Waals surface area contributed by atoms with Gasteiger partial charge in [-0.3, -0.25) is 0 Å². The standard InChI is InChI=1S/C21H19FO2SSe/c1-13-18(10-14-4-7-16(8-5-14)25(2)24)17-9-6-15(22)11-20(17)19(13)12-21(23)26-3/h4-11H,12H2,1-3H3/b18-10-. The van der Waals surface area contributed by atoms with Crippen molar-refractivity contribution in [2.45, 2.75) is 24.1 Å². The Hall–Kier alpha value is -1.81. The van der Waals surface area contributed by atoms with Crippen molar-refractivity contribution in [1.29, 1.82) is 0 Å². The van der Waals surface area contributed by atoms with Crippen LogP contribution in [0.4, 0.5) is 4.39 Å². The van der Waals surface area contributed by atoms with Gasteiger partial charge in [-0.15, -0.1) is 0 Å². The zero-order valence-electron chi connectivity index (χ0n) is 14.8. The molecule has 0 aromatic heterocycles. The van der Waals surface area contributed by atoms with E-state index in [4.69, 9.17) is 0 Å². The molecule has 0 amide bonds. The molecule has 0 heterocycles. The first kappa shape index (κ1) is 19.0.